The maximum Gasteiger partial charge on any atom is 0.337 e. The minimum Gasteiger partial charge on any atom is -0.481 e. The number of carboxylic acid groups (broad SMARTS) is 1. The molecule has 0 saturated heterocycles. The predicted molar refractivity (Wildman–Crippen MR) is 117 cm³/mol. The van der Waals surface area contributed by atoms with Crippen LogP contribution in [0, 0.1) is 5.92 Å². The number of rotatable bonds is 10. The summed E-state index contributed by atoms with van der Waals surface area (Å²) in [7, 11) is 1.28. The van der Waals surface area contributed by atoms with Crippen LogP contribution in [0.5, 0.6) is 0 Å². The molecule has 0 radical (unpaired) electrons. The van der Waals surface area contributed by atoms with Gasteiger partial charge in [-0.2, -0.15) is 0 Å². The molecule has 2 amide bonds. The molecule has 0 aliphatic carbocycles. The van der Waals surface area contributed by atoms with E-state index in [1.54, 1.807) is 29.6 Å². The maximum atomic E-state index is 12.9. The van der Waals surface area contributed by atoms with Crippen molar-refractivity contribution in [2.24, 2.45) is 5.92 Å². The molecule has 2 rings (SSSR count). The maximum absolute atomic E-state index is 12.9. The molecule has 0 aliphatic heterocycles. The molecule has 8 nitrogen and oxygen atoms in total. The molecule has 2 aromatic rings. The fraction of sp³-hybridized carbons (Fsp3) is 0.364. The zero-order chi connectivity index (χ0) is 23.0. The van der Waals surface area contributed by atoms with E-state index in [-0.39, 0.29) is 12.3 Å². The van der Waals surface area contributed by atoms with Crippen LogP contribution < -0.4 is 10.6 Å². The number of thiophene rings is 1. The number of carbonyl (C=O) groups excluding carboxylic acids is 3. The average Bonchev–Trinajstić information content (AvgIpc) is 3.25. The molecule has 0 spiro atoms. The molecule has 2 atom stereocenters. The van der Waals surface area contributed by atoms with Gasteiger partial charge in [-0.3, -0.25) is 14.4 Å². The molecule has 9 heteroatoms. The van der Waals surface area contributed by atoms with Crippen LogP contribution in [0.3, 0.4) is 0 Å². The second kappa shape index (κ2) is 11.3. The Morgan fingerprint density at radius 3 is 2.26 bits per heavy atom. The number of nitrogens with one attached hydrogen (secondary N) is 2. The highest BCUT2D eigenvalue weighted by Crippen LogP contribution is 2.25. The summed E-state index contributed by atoms with van der Waals surface area (Å²) in [5.41, 5.74) is 0.806. The number of carbonyl (C=O) groups is 4. The lowest BCUT2D eigenvalue weighted by Gasteiger charge is -2.23. The molecule has 0 aliphatic rings. The van der Waals surface area contributed by atoms with E-state index in [4.69, 9.17) is 0 Å². The van der Waals surface area contributed by atoms with Crippen LogP contribution in [0.25, 0.3) is 0 Å². The smallest absolute Gasteiger partial charge is 0.337 e. The van der Waals surface area contributed by atoms with Gasteiger partial charge >= 0.3 is 11.9 Å². The van der Waals surface area contributed by atoms with Crippen LogP contribution >= 0.6 is 11.3 Å². The lowest BCUT2D eigenvalue weighted by Crippen LogP contribution is -2.46. The van der Waals surface area contributed by atoms with Gasteiger partial charge in [-0.1, -0.05) is 19.9 Å². The number of amides is 2. The fourth-order valence-electron chi connectivity index (χ4n) is 3.00. The monoisotopic (exact) mass is 446 g/mol. The summed E-state index contributed by atoms with van der Waals surface area (Å²) in [6.07, 6.45) is 0.0133. The van der Waals surface area contributed by atoms with E-state index in [0.717, 1.165) is 0 Å². The molecule has 2 unspecified atom stereocenters. The van der Waals surface area contributed by atoms with Gasteiger partial charge in [0.05, 0.1) is 25.0 Å². The van der Waals surface area contributed by atoms with E-state index in [1.165, 1.54) is 30.6 Å². The first-order valence-corrected chi connectivity index (χ1v) is 10.6. The summed E-state index contributed by atoms with van der Waals surface area (Å²) in [6, 6.07) is 8.79. The summed E-state index contributed by atoms with van der Waals surface area (Å²) < 4.78 is 4.65. The molecule has 1 heterocycles. The molecule has 0 fully saturated rings. The topological polar surface area (TPSA) is 122 Å². The second-order valence-corrected chi connectivity index (χ2v) is 8.39. The van der Waals surface area contributed by atoms with Crippen molar-refractivity contribution in [3.63, 3.8) is 0 Å². The van der Waals surface area contributed by atoms with E-state index in [9.17, 15) is 24.3 Å². The lowest BCUT2D eigenvalue weighted by molar-refractivity contribution is -0.139. The minimum atomic E-state index is -1.09. The Balaban J connectivity index is 2.14. The van der Waals surface area contributed by atoms with Crippen molar-refractivity contribution in [2.75, 3.05) is 12.4 Å². The Kier molecular flexibility index (Phi) is 8.75. The van der Waals surface area contributed by atoms with Crippen molar-refractivity contribution >= 4 is 40.8 Å². The highest BCUT2D eigenvalue weighted by atomic mass is 32.1. The van der Waals surface area contributed by atoms with Gasteiger partial charge in [-0.25, -0.2) is 4.79 Å². The summed E-state index contributed by atoms with van der Waals surface area (Å²) in [5, 5.41) is 16.4. The highest BCUT2D eigenvalue weighted by molar-refractivity contribution is 7.10. The fourth-order valence-corrected chi connectivity index (χ4v) is 3.82. The van der Waals surface area contributed by atoms with Crippen molar-refractivity contribution in [2.45, 2.75) is 38.6 Å². The van der Waals surface area contributed by atoms with Crippen LogP contribution in [-0.4, -0.2) is 42.0 Å². The predicted octanol–water partition coefficient (Wildman–Crippen LogP) is 3.26. The lowest BCUT2D eigenvalue weighted by atomic mass is 9.99. The number of carboxylic acids is 1. The first-order valence-electron chi connectivity index (χ1n) is 9.76. The first-order chi connectivity index (χ1) is 14.7. The van der Waals surface area contributed by atoms with Crippen LogP contribution in [0.1, 0.15) is 47.8 Å². The van der Waals surface area contributed by atoms with Gasteiger partial charge < -0.3 is 20.5 Å². The van der Waals surface area contributed by atoms with Gasteiger partial charge in [-0.05, 0) is 48.1 Å². The number of benzene rings is 1. The van der Waals surface area contributed by atoms with Crippen molar-refractivity contribution in [3.8, 4) is 0 Å². The van der Waals surface area contributed by atoms with Gasteiger partial charge in [0, 0.05) is 10.6 Å². The molecule has 1 aromatic carbocycles. The molecule has 31 heavy (non-hydrogen) atoms. The molecule has 166 valence electrons. The summed E-state index contributed by atoms with van der Waals surface area (Å²) in [4.78, 5) is 49.2. The van der Waals surface area contributed by atoms with Crippen molar-refractivity contribution in [3.05, 3.63) is 52.2 Å². The van der Waals surface area contributed by atoms with Crippen LogP contribution in [0.15, 0.2) is 41.8 Å². The molecular formula is C22H26N2O6S. The summed E-state index contributed by atoms with van der Waals surface area (Å²) in [5.74, 6) is -3.28. The van der Waals surface area contributed by atoms with Crippen LogP contribution in [-0.2, 0) is 19.1 Å². The third-order valence-electron chi connectivity index (χ3n) is 4.50. The Hall–Kier alpha value is -3.20. The van der Waals surface area contributed by atoms with Gasteiger partial charge in [0.2, 0.25) is 11.8 Å². The van der Waals surface area contributed by atoms with Crippen molar-refractivity contribution in [1.29, 1.82) is 0 Å². The first kappa shape index (κ1) is 24.1. The Morgan fingerprint density at radius 1 is 1.06 bits per heavy atom. The third kappa shape index (κ3) is 7.21. The molecule has 0 bridgehead atoms. The van der Waals surface area contributed by atoms with Crippen molar-refractivity contribution in [1.82, 2.24) is 5.32 Å². The largest absolute Gasteiger partial charge is 0.481 e. The minimum absolute atomic E-state index is 0.109. The zero-order valence-corrected chi connectivity index (χ0v) is 18.4. The van der Waals surface area contributed by atoms with Gasteiger partial charge in [0.15, 0.2) is 0 Å². The van der Waals surface area contributed by atoms with Crippen LogP contribution in [0.4, 0.5) is 5.69 Å². The molecular weight excluding hydrogens is 420 g/mol. The SMILES string of the molecule is COC(=O)c1ccc(NC(=O)C(CC(C)C)NC(=O)C(CC(=O)O)c2cccs2)cc1. The Bertz CT molecular complexity index is 909. The van der Waals surface area contributed by atoms with E-state index < -0.39 is 35.7 Å². The second-order valence-electron chi connectivity index (χ2n) is 7.41. The molecule has 3 N–H and O–H groups in total. The number of anilines is 1. The normalized spacial score (nSPS) is 12.6. The average molecular weight is 447 g/mol. The van der Waals surface area contributed by atoms with Crippen LogP contribution in [0.2, 0.25) is 0 Å². The zero-order valence-electron chi connectivity index (χ0n) is 17.6. The van der Waals surface area contributed by atoms with Gasteiger partial charge in [0.25, 0.3) is 0 Å². The molecule has 1 aromatic heterocycles. The number of esters is 1. The highest BCUT2D eigenvalue weighted by Gasteiger charge is 2.29. The number of aliphatic carboxylic acids is 1. The number of hydrogen-bond acceptors (Lipinski definition) is 6. The van der Waals surface area contributed by atoms with Crippen molar-refractivity contribution < 1.29 is 29.0 Å². The van der Waals surface area contributed by atoms with E-state index in [0.29, 0.717) is 22.5 Å². The summed E-state index contributed by atoms with van der Waals surface area (Å²) >= 11 is 1.30. The summed E-state index contributed by atoms with van der Waals surface area (Å²) in [6.45, 7) is 3.84. The Labute approximate surface area is 184 Å². The van der Waals surface area contributed by atoms with Gasteiger partial charge in [-0.15, -0.1) is 11.3 Å². The number of ether oxygens (including phenoxy) is 1. The van der Waals surface area contributed by atoms with E-state index in [2.05, 4.69) is 15.4 Å². The van der Waals surface area contributed by atoms with Gasteiger partial charge in [0.1, 0.15) is 6.04 Å². The third-order valence-corrected chi connectivity index (χ3v) is 5.48. The standard InChI is InChI=1S/C22H26N2O6S/c1-13(2)11-17(21(28)23-15-8-6-14(7-9-15)22(29)30-3)24-20(27)16(12-19(25)26)18-5-4-10-31-18/h4-10,13,16-17H,11-12H2,1-3H3,(H,23,28)(H,24,27)(H,25,26). The van der Waals surface area contributed by atoms with E-state index in [1.807, 2.05) is 13.8 Å². The number of hydrogen-bond donors (Lipinski definition) is 3. The number of methoxy groups -OCH3 is 1. The van der Waals surface area contributed by atoms with E-state index >= 15 is 0 Å². The Morgan fingerprint density at radius 2 is 1.74 bits per heavy atom. The quantitative estimate of drug-likeness (QED) is 0.482. The molecule has 0 saturated carbocycles.